The minimum absolute atomic E-state index is 0.0759. The molecule has 160 valence electrons. The molecule has 6 rings (SSSR count). The second-order valence-corrected chi connectivity index (χ2v) is 8.91. The van der Waals surface area contributed by atoms with E-state index in [1.165, 1.54) is 0 Å². The van der Waals surface area contributed by atoms with Gasteiger partial charge < -0.3 is 10.3 Å². The molecular weight excluding hydrogens is 404 g/mol. The normalized spacial score (nSPS) is 17.2. The number of Topliss-reactive ketones (excluding diaryl/α,β-unsaturated/α-hetero) is 1. The van der Waals surface area contributed by atoms with Crippen LogP contribution in [0.25, 0.3) is 22.2 Å². The van der Waals surface area contributed by atoms with E-state index >= 15 is 0 Å². The minimum Gasteiger partial charge on any atom is -0.365 e. The standard InChI is InChI=1S/C30H24N2O/c1-19-13-15-25-23(17-19)27(28(31-25)21-9-5-3-6-10-21)30(22-11-7-4-8-12-22)29(33)24-18-20(2)14-16-26(24)32-30/h3-18,31-32H,1-2H3. The van der Waals surface area contributed by atoms with Crippen molar-refractivity contribution in [2.24, 2.45) is 0 Å². The summed E-state index contributed by atoms with van der Waals surface area (Å²) in [6, 6.07) is 32.8. The lowest BCUT2D eigenvalue weighted by atomic mass is 9.77. The van der Waals surface area contributed by atoms with Gasteiger partial charge in [-0.05, 0) is 49.2 Å². The van der Waals surface area contributed by atoms with Crippen LogP contribution in [0.3, 0.4) is 0 Å². The van der Waals surface area contributed by atoms with E-state index in [9.17, 15) is 4.79 Å². The number of ketones is 1. The summed E-state index contributed by atoms with van der Waals surface area (Å²) >= 11 is 0. The van der Waals surface area contributed by atoms with E-state index in [2.05, 4.69) is 53.6 Å². The van der Waals surface area contributed by atoms with E-state index in [4.69, 9.17) is 0 Å². The van der Waals surface area contributed by atoms with E-state index in [-0.39, 0.29) is 5.78 Å². The Hall–Kier alpha value is -4.11. The third-order valence-electron chi connectivity index (χ3n) is 6.68. The monoisotopic (exact) mass is 428 g/mol. The lowest BCUT2D eigenvalue weighted by Crippen LogP contribution is -2.40. The molecule has 1 atom stereocenters. The van der Waals surface area contributed by atoms with Crippen molar-refractivity contribution in [1.29, 1.82) is 0 Å². The first-order valence-electron chi connectivity index (χ1n) is 11.3. The van der Waals surface area contributed by atoms with E-state index < -0.39 is 5.54 Å². The van der Waals surface area contributed by atoms with Gasteiger partial charge >= 0.3 is 0 Å². The maximum Gasteiger partial charge on any atom is 0.199 e. The van der Waals surface area contributed by atoms with Crippen LogP contribution in [-0.2, 0) is 5.54 Å². The van der Waals surface area contributed by atoms with Crippen molar-refractivity contribution in [2.45, 2.75) is 19.4 Å². The van der Waals surface area contributed by atoms with E-state index in [1.54, 1.807) is 0 Å². The number of aromatic nitrogens is 1. The van der Waals surface area contributed by atoms with Crippen molar-refractivity contribution in [3.63, 3.8) is 0 Å². The molecule has 0 radical (unpaired) electrons. The Kier molecular flexibility index (Phi) is 4.27. The summed E-state index contributed by atoms with van der Waals surface area (Å²) in [7, 11) is 0. The van der Waals surface area contributed by atoms with Gasteiger partial charge in [-0.15, -0.1) is 0 Å². The van der Waals surface area contributed by atoms with Gasteiger partial charge in [0.1, 0.15) is 0 Å². The number of carbonyl (C=O) groups is 1. The molecule has 3 heteroatoms. The zero-order valence-electron chi connectivity index (χ0n) is 18.6. The van der Waals surface area contributed by atoms with Gasteiger partial charge in [0.15, 0.2) is 11.3 Å². The molecule has 1 aliphatic heterocycles. The Labute approximate surface area is 193 Å². The maximum atomic E-state index is 14.4. The first-order chi connectivity index (χ1) is 16.1. The molecule has 0 bridgehead atoms. The highest BCUT2D eigenvalue weighted by Crippen LogP contribution is 2.49. The third kappa shape index (κ3) is 2.86. The van der Waals surface area contributed by atoms with Crippen LogP contribution in [0.15, 0.2) is 97.1 Å². The lowest BCUT2D eigenvalue weighted by molar-refractivity contribution is 0.0942. The molecular formula is C30H24N2O. The van der Waals surface area contributed by atoms with Crippen molar-refractivity contribution >= 4 is 22.4 Å². The van der Waals surface area contributed by atoms with Gasteiger partial charge in [0.2, 0.25) is 0 Å². The van der Waals surface area contributed by atoms with Gasteiger partial charge in [-0.25, -0.2) is 0 Å². The van der Waals surface area contributed by atoms with E-state index in [0.29, 0.717) is 0 Å². The van der Waals surface area contributed by atoms with Gasteiger partial charge in [-0.3, -0.25) is 4.79 Å². The number of nitrogens with one attached hydrogen (secondary N) is 2. The molecule has 0 spiro atoms. The Morgan fingerprint density at radius 1 is 0.727 bits per heavy atom. The number of rotatable bonds is 3. The average Bonchev–Trinajstić information content (AvgIpc) is 3.36. The van der Waals surface area contributed by atoms with Gasteiger partial charge in [0.25, 0.3) is 0 Å². The van der Waals surface area contributed by atoms with Crippen LogP contribution in [0.2, 0.25) is 0 Å². The summed E-state index contributed by atoms with van der Waals surface area (Å²) < 4.78 is 0. The highest BCUT2D eigenvalue weighted by molar-refractivity contribution is 6.18. The number of hydrogen-bond acceptors (Lipinski definition) is 2. The van der Waals surface area contributed by atoms with Crippen molar-refractivity contribution < 1.29 is 4.79 Å². The molecule has 2 heterocycles. The molecule has 0 amide bonds. The molecule has 1 aromatic heterocycles. The third-order valence-corrected chi connectivity index (χ3v) is 6.68. The number of H-pyrrole nitrogens is 1. The molecule has 4 aromatic carbocycles. The number of carbonyl (C=O) groups excluding carboxylic acids is 1. The van der Waals surface area contributed by atoms with E-state index in [0.717, 1.165) is 55.7 Å². The highest BCUT2D eigenvalue weighted by atomic mass is 16.1. The molecule has 1 unspecified atom stereocenters. The van der Waals surface area contributed by atoms with E-state index in [1.807, 2.05) is 67.6 Å². The number of fused-ring (bicyclic) bond motifs is 2. The fourth-order valence-electron chi connectivity index (χ4n) is 5.14. The lowest BCUT2D eigenvalue weighted by Gasteiger charge is -2.31. The Balaban J connectivity index is 1.75. The van der Waals surface area contributed by atoms with Crippen LogP contribution >= 0.6 is 0 Å². The van der Waals surface area contributed by atoms with Gasteiger partial charge in [-0.2, -0.15) is 0 Å². The van der Waals surface area contributed by atoms with Gasteiger partial charge in [0, 0.05) is 27.7 Å². The van der Waals surface area contributed by atoms with Crippen molar-refractivity contribution in [3.8, 4) is 11.3 Å². The molecule has 1 aliphatic rings. The van der Waals surface area contributed by atoms with Crippen LogP contribution in [-0.4, -0.2) is 10.8 Å². The highest BCUT2D eigenvalue weighted by Gasteiger charge is 2.50. The smallest absolute Gasteiger partial charge is 0.199 e. The molecule has 0 saturated heterocycles. The van der Waals surface area contributed by atoms with Crippen molar-refractivity contribution in [2.75, 3.05) is 5.32 Å². The zero-order valence-corrected chi connectivity index (χ0v) is 18.6. The topological polar surface area (TPSA) is 44.9 Å². The predicted octanol–water partition coefficient (Wildman–Crippen LogP) is 7.00. The fourth-order valence-corrected chi connectivity index (χ4v) is 5.14. The number of aromatic amines is 1. The summed E-state index contributed by atoms with van der Waals surface area (Å²) in [4.78, 5) is 18.1. The Morgan fingerprint density at radius 2 is 1.39 bits per heavy atom. The maximum absolute atomic E-state index is 14.4. The van der Waals surface area contributed by atoms with Crippen LogP contribution in [0.1, 0.15) is 32.6 Å². The van der Waals surface area contributed by atoms with Crippen LogP contribution in [0.4, 0.5) is 5.69 Å². The quantitative estimate of drug-likeness (QED) is 0.325. The Morgan fingerprint density at radius 3 is 2.15 bits per heavy atom. The Bertz CT molecular complexity index is 1520. The van der Waals surface area contributed by atoms with Crippen molar-refractivity contribution in [1.82, 2.24) is 4.98 Å². The SMILES string of the molecule is Cc1ccc2c(c1)C(=O)C(c1ccccc1)(c1c(-c3ccccc3)[nH]c3ccc(C)cc13)N2. The first kappa shape index (κ1) is 19.6. The second kappa shape index (κ2) is 7.21. The molecule has 0 aliphatic carbocycles. The van der Waals surface area contributed by atoms with Crippen LogP contribution < -0.4 is 5.32 Å². The summed E-state index contributed by atoms with van der Waals surface area (Å²) in [5.74, 6) is 0.0759. The van der Waals surface area contributed by atoms with Crippen LogP contribution in [0, 0.1) is 13.8 Å². The fraction of sp³-hybridized carbons (Fsp3) is 0.100. The largest absolute Gasteiger partial charge is 0.365 e. The molecule has 3 nitrogen and oxygen atoms in total. The number of aryl methyl sites for hydroxylation is 2. The number of hydrogen-bond donors (Lipinski definition) is 2. The van der Waals surface area contributed by atoms with Crippen molar-refractivity contribution in [3.05, 3.63) is 125 Å². The van der Waals surface area contributed by atoms with Gasteiger partial charge in [-0.1, -0.05) is 83.9 Å². The molecule has 0 saturated carbocycles. The average molecular weight is 429 g/mol. The summed E-state index contributed by atoms with van der Waals surface area (Å²) in [5.41, 5.74) is 7.75. The number of benzene rings is 4. The molecule has 0 fully saturated rings. The summed E-state index contributed by atoms with van der Waals surface area (Å²) in [6.07, 6.45) is 0. The minimum atomic E-state index is -1.03. The predicted molar refractivity (Wildman–Crippen MR) is 135 cm³/mol. The summed E-state index contributed by atoms with van der Waals surface area (Å²) in [6.45, 7) is 4.12. The second-order valence-electron chi connectivity index (χ2n) is 8.91. The van der Waals surface area contributed by atoms with Gasteiger partial charge in [0.05, 0.1) is 5.69 Å². The first-order valence-corrected chi connectivity index (χ1v) is 11.3. The van der Waals surface area contributed by atoms with Crippen LogP contribution in [0.5, 0.6) is 0 Å². The number of anilines is 1. The molecule has 33 heavy (non-hydrogen) atoms. The molecule has 2 N–H and O–H groups in total. The zero-order chi connectivity index (χ0) is 22.6. The summed E-state index contributed by atoms with van der Waals surface area (Å²) in [5, 5.41) is 4.75. The molecule has 5 aromatic rings.